The van der Waals surface area contributed by atoms with Gasteiger partial charge in [0.25, 0.3) is 0 Å². The maximum Gasteiger partial charge on any atom is 0.212 e. The number of hydrogen-bond acceptors (Lipinski definition) is 4. The summed E-state index contributed by atoms with van der Waals surface area (Å²) in [4.78, 5) is 8.79. The third-order valence-electron chi connectivity index (χ3n) is 3.71. The zero-order valence-corrected chi connectivity index (χ0v) is 15.5. The molecule has 0 aliphatic heterocycles. The molecule has 0 fully saturated rings. The third kappa shape index (κ3) is 6.10. The van der Waals surface area contributed by atoms with E-state index in [0.717, 1.165) is 43.3 Å². The number of nitrogens with one attached hydrogen (secondary N) is 2. The van der Waals surface area contributed by atoms with E-state index < -0.39 is 0 Å². The molecule has 7 nitrogen and oxygen atoms in total. The monoisotopic (exact) mass is 344 g/mol. The molecule has 2 rings (SSSR count). The van der Waals surface area contributed by atoms with Gasteiger partial charge in [0.05, 0.1) is 19.3 Å². The molecule has 0 unspecified atom stereocenters. The van der Waals surface area contributed by atoms with Crippen LogP contribution in [0.2, 0.25) is 0 Å². The molecule has 2 aromatic rings. The Morgan fingerprint density at radius 2 is 2.12 bits per heavy atom. The van der Waals surface area contributed by atoms with Gasteiger partial charge in [0.2, 0.25) is 5.88 Å². The van der Waals surface area contributed by atoms with Crippen LogP contribution in [0.4, 0.5) is 0 Å². The van der Waals surface area contributed by atoms with E-state index >= 15 is 0 Å². The zero-order valence-electron chi connectivity index (χ0n) is 15.5. The highest BCUT2D eigenvalue weighted by molar-refractivity contribution is 5.79. The van der Waals surface area contributed by atoms with Crippen molar-refractivity contribution in [3.8, 4) is 5.88 Å². The van der Waals surface area contributed by atoms with Crippen LogP contribution in [-0.4, -0.2) is 40.9 Å². The lowest BCUT2D eigenvalue weighted by Crippen LogP contribution is -2.38. The van der Waals surface area contributed by atoms with Crippen molar-refractivity contribution in [3.63, 3.8) is 0 Å². The molecule has 2 heterocycles. The predicted octanol–water partition coefficient (Wildman–Crippen LogP) is 2.05. The summed E-state index contributed by atoms with van der Waals surface area (Å²) in [5, 5.41) is 11.1. The topological polar surface area (TPSA) is 76.4 Å². The van der Waals surface area contributed by atoms with Crippen LogP contribution in [-0.2, 0) is 13.1 Å². The second kappa shape index (κ2) is 9.66. The van der Waals surface area contributed by atoms with Crippen LogP contribution in [0.25, 0.3) is 0 Å². The van der Waals surface area contributed by atoms with Crippen molar-refractivity contribution in [1.82, 2.24) is 25.4 Å². The molecule has 0 radical (unpaired) electrons. The van der Waals surface area contributed by atoms with Gasteiger partial charge in [0, 0.05) is 37.6 Å². The number of rotatable bonds is 8. The second-order valence-corrected chi connectivity index (χ2v) is 5.83. The van der Waals surface area contributed by atoms with Crippen molar-refractivity contribution in [1.29, 1.82) is 0 Å². The molecule has 7 heteroatoms. The minimum atomic E-state index is 0.573. The Morgan fingerprint density at radius 3 is 2.72 bits per heavy atom. The molecule has 0 aliphatic rings. The minimum Gasteiger partial charge on any atom is -0.481 e. The van der Waals surface area contributed by atoms with Gasteiger partial charge in [-0.05, 0) is 38.8 Å². The zero-order chi connectivity index (χ0) is 18.1. The van der Waals surface area contributed by atoms with Gasteiger partial charge < -0.3 is 15.4 Å². The van der Waals surface area contributed by atoms with Crippen molar-refractivity contribution in [2.75, 3.05) is 20.2 Å². The van der Waals surface area contributed by atoms with E-state index in [1.54, 1.807) is 13.3 Å². The van der Waals surface area contributed by atoms with Gasteiger partial charge in [-0.25, -0.2) is 9.98 Å². The number of nitrogens with zero attached hydrogens (tertiary/aromatic N) is 4. The highest BCUT2D eigenvalue weighted by atomic mass is 16.5. The first-order valence-electron chi connectivity index (χ1n) is 8.64. The van der Waals surface area contributed by atoms with Crippen molar-refractivity contribution < 1.29 is 4.74 Å². The number of aromatic nitrogens is 3. The van der Waals surface area contributed by atoms with Gasteiger partial charge in [-0.3, -0.25) is 4.68 Å². The van der Waals surface area contributed by atoms with Crippen molar-refractivity contribution in [2.24, 2.45) is 4.99 Å². The van der Waals surface area contributed by atoms with Gasteiger partial charge in [-0.15, -0.1) is 0 Å². The van der Waals surface area contributed by atoms with E-state index in [0.29, 0.717) is 12.4 Å². The summed E-state index contributed by atoms with van der Waals surface area (Å²) < 4.78 is 7.11. The third-order valence-corrected chi connectivity index (χ3v) is 3.71. The molecule has 2 N–H and O–H groups in total. The molecule has 2 aromatic heterocycles. The summed E-state index contributed by atoms with van der Waals surface area (Å²) in [5.74, 6) is 1.42. The summed E-state index contributed by atoms with van der Waals surface area (Å²) in [6.45, 7) is 9.29. The summed E-state index contributed by atoms with van der Waals surface area (Å²) in [5.41, 5.74) is 3.30. The van der Waals surface area contributed by atoms with Crippen molar-refractivity contribution in [3.05, 3.63) is 41.3 Å². The van der Waals surface area contributed by atoms with E-state index in [-0.39, 0.29) is 0 Å². The van der Waals surface area contributed by atoms with E-state index in [9.17, 15) is 0 Å². The van der Waals surface area contributed by atoms with Gasteiger partial charge in [-0.1, -0.05) is 6.07 Å². The molecule has 0 spiro atoms. The SMILES string of the molecule is CCNC(=NCc1ccc(OC)nc1)NCCCn1nc(C)cc1C. The highest BCUT2D eigenvalue weighted by Gasteiger charge is 2.02. The predicted molar refractivity (Wildman–Crippen MR) is 99.9 cm³/mol. The summed E-state index contributed by atoms with van der Waals surface area (Å²) in [6, 6.07) is 5.92. The number of aliphatic imine (C=N–C) groups is 1. The van der Waals surface area contributed by atoms with E-state index in [1.807, 2.05) is 23.7 Å². The van der Waals surface area contributed by atoms with Crippen LogP contribution in [0.5, 0.6) is 5.88 Å². The van der Waals surface area contributed by atoms with Crippen molar-refractivity contribution in [2.45, 2.75) is 40.3 Å². The number of methoxy groups -OCH3 is 1. The Bertz CT molecular complexity index is 677. The van der Waals surface area contributed by atoms with Crippen LogP contribution >= 0.6 is 0 Å². The lowest BCUT2D eigenvalue weighted by Gasteiger charge is -2.11. The number of hydrogen-bond donors (Lipinski definition) is 2. The molecule has 25 heavy (non-hydrogen) atoms. The maximum absolute atomic E-state index is 5.07. The summed E-state index contributed by atoms with van der Waals surface area (Å²) in [7, 11) is 1.61. The summed E-state index contributed by atoms with van der Waals surface area (Å²) >= 11 is 0. The molecule has 0 atom stereocenters. The molecular formula is C18H28N6O. The van der Waals surface area contributed by atoms with Gasteiger partial charge >= 0.3 is 0 Å². The van der Waals surface area contributed by atoms with Crippen LogP contribution < -0.4 is 15.4 Å². The molecular weight excluding hydrogens is 316 g/mol. The quantitative estimate of drug-likeness (QED) is 0.435. The first-order chi connectivity index (χ1) is 12.1. The second-order valence-electron chi connectivity index (χ2n) is 5.83. The number of ether oxygens (including phenoxy) is 1. The van der Waals surface area contributed by atoms with Gasteiger partial charge in [0.1, 0.15) is 0 Å². The van der Waals surface area contributed by atoms with Gasteiger partial charge in [-0.2, -0.15) is 5.10 Å². The highest BCUT2D eigenvalue weighted by Crippen LogP contribution is 2.07. The van der Waals surface area contributed by atoms with E-state index in [4.69, 9.17) is 4.74 Å². The van der Waals surface area contributed by atoms with E-state index in [2.05, 4.69) is 45.6 Å². The molecule has 136 valence electrons. The number of aryl methyl sites for hydroxylation is 3. The molecule has 0 saturated heterocycles. The molecule has 0 aromatic carbocycles. The summed E-state index contributed by atoms with van der Waals surface area (Å²) in [6.07, 6.45) is 2.77. The molecule has 0 amide bonds. The van der Waals surface area contributed by atoms with Crippen LogP contribution in [0, 0.1) is 13.8 Å². The average molecular weight is 344 g/mol. The maximum atomic E-state index is 5.07. The molecule has 0 bridgehead atoms. The Morgan fingerprint density at radius 1 is 1.28 bits per heavy atom. The Hall–Kier alpha value is -2.57. The standard InChI is InChI=1S/C18H28N6O/c1-5-19-18(22-13-16-7-8-17(25-4)21-12-16)20-9-6-10-24-15(3)11-14(2)23-24/h7-8,11-12H,5-6,9-10,13H2,1-4H3,(H2,19,20,22). The Balaban J connectivity index is 1.81. The average Bonchev–Trinajstić information content (AvgIpc) is 2.94. The largest absolute Gasteiger partial charge is 0.481 e. The van der Waals surface area contributed by atoms with Gasteiger partial charge in [0.15, 0.2) is 5.96 Å². The minimum absolute atomic E-state index is 0.573. The Labute approximate surface area is 149 Å². The lowest BCUT2D eigenvalue weighted by molar-refractivity contribution is 0.397. The first-order valence-corrected chi connectivity index (χ1v) is 8.64. The number of pyridine rings is 1. The fourth-order valence-electron chi connectivity index (χ4n) is 2.47. The van der Waals surface area contributed by atoms with Crippen LogP contribution in [0.1, 0.15) is 30.3 Å². The van der Waals surface area contributed by atoms with E-state index in [1.165, 1.54) is 5.69 Å². The number of guanidine groups is 1. The van der Waals surface area contributed by atoms with Crippen LogP contribution in [0.3, 0.4) is 0 Å². The van der Waals surface area contributed by atoms with Crippen molar-refractivity contribution >= 4 is 5.96 Å². The Kier molecular flexibility index (Phi) is 7.25. The fraction of sp³-hybridized carbons (Fsp3) is 0.500. The smallest absolute Gasteiger partial charge is 0.212 e. The lowest BCUT2D eigenvalue weighted by atomic mass is 10.3. The normalized spacial score (nSPS) is 11.4. The fourth-order valence-corrected chi connectivity index (χ4v) is 2.47. The molecule has 0 aliphatic carbocycles. The van der Waals surface area contributed by atoms with Crippen LogP contribution in [0.15, 0.2) is 29.4 Å². The first kappa shape index (κ1) is 18.8. The molecule has 0 saturated carbocycles.